The number of rotatable bonds is 7. The van der Waals surface area contributed by atoms with Crippen LogP contribution in [-0.4, -0.2) is 72.5 Å². The fourth-order valence-electron chi connectivity index (χ4n) is 4.09. The molecule has 1 aromatic heterocycles. The SMILES string of the molecule is CC(C)CN1C(=O)CCC(C(=O)NCCN2CCOCC2)C1c1cccnc1. The molecule has 3 heterocycles. The van der Waals surface area contributed by atoms with Crippen LogP contribution in [0.25, 0.3) is 0 Å². The molecule has 2 saturated heterocycles. The maximum atomic E-state index is 13.0. The Kier molecular flexibility index (Phi) is 7.39. The third kappa shape index (κ3) is 5.29. The number of amides is 2. The minimum Gasteiger partial charge on any atom is -0.379 e. The summed E-state index contributed by atoms with van der Waals surface area (Å²) in [4.78, 5) is 34.1. The van der Waals surface area contributed by atoms with E-state index in [1.54, 1.807) is 12.4 Å². The first-order valence-electron chi connectivity index (χ1n) is 10.3. The van der Waals surface area contributed by atoms with E-state index in [4.69, 9.17) is 4.74 Å². The Morgan fingerprint density at radius 2 is 2.14 bits per heavy atom. The molecule has 2 aliphatic rings. The highest BCUT2D eigenvalue weighted by Crippen LogP contribution is 2.37. The summed E-state index contributed by atoms with van der Waals surface area (Å²) in [6, 6.07) is 3.59. The van der Waals surface area contributed by atoms with Gasteiger partial charge in [-0.25, -0.2) is 0 Å². The van der Waals surface area contributed by atoms with Crippen LogP contribution in [0.3, 0.4) is 0 Å². The normalized spacial score (nSPS) is 23.8. The maximum Gasteiger partial charge on any atom is 0.225 e. The molecule has 1 N–H and O–H groups in total. The molecule has 1 aromatic rings. The lowest BCUT2D eigenvalue weighted by atomic mass is 9.83. The number of nitrogens with one attached hydrogen (secondary N) is 1. The van der Waals surface area contributed by atoms with Gasteiger partial charge in [0.15, 0.2) is 0 Å². The minimum atomic E-state index is -0.249. The average Bonchev–Trinajstić information content (AvgIpc) is 2.70. The van der Waals surface area contributed by atoms with Crippen molar-refractivity contribution < 1.29 is 14.3 Å². The smallest absolute Gasteiger partial charge is 0.225 e. The van der Waals surface area contributed by atoms with Crippen molar-refractivity contribution in [3.63, 3.8) is 0 Å². The second kappa shape index (κ2) is 9.98. The number of ether oxygens (including phenoxy) is 1. The van der Waals surface area contributed by atoms with E-state index in [1.165, 1.54) is 0 Å². The van der Waals surface area contributed by atoms with Gasteiger partial charge in [0.25, 0.3) is 0 Å². The van der Waals surface area contributed by atoms with Gasteiger partial charge >= 0.3 is 0 Å². The van der Waals surface area contributed by atoms with Crippen LogP contribution in [-0.2, 0) is 14.3 Å². The third-order valence-electron chi connectivity index (χ3n) is 5.46. The molecule has 2 fully saturated rings. The number of morpholine rings is 1. The standard InChI is InChI=1S/C21H32N4O3/c1-16(2)15-25-19(26)6-5-18(20(25)17-4-3-7-22-14-17)21(27)23-8-9-24-10-12-28-13-11-24/h3-4,7,14,16,18,20H,5-6,8-13,15H2,1-2H3,(H,23,27). The number of likely N-dealkylation sites (tertiary alicyclic amines) is 1. The predicted molar refractivity (Wildman–Crippen MR) is 107 cm³/mol. The molecule has 0 spiro atoms. The van der Waals surface area contributed by atoms with Gasteiger partial charge in [0.05, 0.1) is 25.2 Å². The van der Waals surface area contributed by atoms with Gasteiger partial charge < -0.3 is 15.0 Å². The summed E-state index contributed by atoms with van der Waals surface area (Å²) in [5.41, 5.74) is 0.935. The highest BCUT2D eigenvalue weighted by atomic mass is 16.5. The number of carbonyl (C=O) groups is 2. The van der Waals surface area contributed by atoms with E-state index in [9.17, 15) is 9.59 Å². The molecule has 0 saturated carbocycles. The van der Waals surface area contributed by atoms with Crippen LogP contribution in [0.1, 0.15) is 38.3 Å². The molecule has 7 nitrogen and oxygen atoms in total. The van der Waals surface area contributed by atoms with Gasteiger partial charge in [-0.05, 0) is 24.0 Å². The van der Waals surface area contributed by atoms with Crippen LogP contribution in [0.15, 0.2) is 24.5 Å². The molecular formula is C21H32N4O3. The lowest BCUT2D eigenvalue weighted by Crippen LogP contribution is -2.50. The molecule has 3 rings (SSSR count). The summed E-state index contributed by atoms with van der Waals surface area (Å²) >= 11 is 0. The van der Waals surface area contributed by atoms with E-state index in [1.807, 2.05) is 17.0 Å². The zero-order valence-electron chi connectivity index (χ0n) is 17.0. The fourth-order valence-corrected chi connectivity index (χ4v) is 4.09. The van der Waals surface area contributed by atoms with Crippen molar-refractivity contribution in [2.45, 2.75) is 32.7 Å². The molecule has 0 bridgehead atoms. The summed E-state index contributed by atoms with van der Waals surface area (Å²) < 4.78 is 5.37. The largest absolute Gasteiger partial charge is 0.379 e. The van der Waals surface area contributed by atoms with Gasteiger partial charge in [-0.15, -0.1) is 0 Å². The molecule has 2 atom stereocenters. The first-order chi connectivity index (χ1) is 13.6. The first kappa shape index (κ1) is 20.7. The highest BCUT2D eigenvalue weighted by Gasteiger charge is 2.40. The van der Waals surface area contributed by atoms with Crippen LogP contribution >= 0.6 is 0 Å². The summed E-state index contributed by atoms with van der Waals surface area (Å²) in [7, 11) is 0. The fraction of sp³-hybridized carbons (Fsp3) is 0.667. The summed E-state index contributed by atoms with van der Waals surface area (Å²) in [6.07, 6.45) is 4.50. The van der Waals surface area contributed by atoms with E-state index in [0.717, 1.165) is 38.4 Å². The third-order valence-corrected chi connectivity index (χ3v) is 5.46. The molecule has 0 aliphatic carbocycles. The maximum absolute atomic E-state index is 13.0. The summed E-state index contributed by atoms with van der Waals surface area (Å²) in [5.74, 6) is 0.250. The lowest BCUT2D eigenvalue weighted by Gasteiger charge is -2.41. The summed E-state index contributed by atoms with van der Waals surface area (Å²) in [5, 5.41) is 3.11. The van der Waals surface area contributed by atoms with Gasteiger partial charge in [0, 0.05) is 51.5 Å². The van der Waals surface area contributed by atoms with E-state index >= 15 is 0 Å². The zero-order chi connectivity index (χ0) is 19.9. The Morgan fingerprint density at radius 1 is 1.36 bits per heavy atom. The van der Waals surface area contributed by atoms with Gasteiger partial charge in [-0.3, -0.25) is 19.5 Å². The minimum absolute atomic E-state index is 0.0309. The number of pyridine rings is 1. The number of aromatic nitrogens is 1. The van der Waals surface area contributed by atoms with Crippen LogP contribution in [0.5, 0.6) is 0 Å². The molecular weight excluding hydrogens is 356 g/mol. The Hall–Kier alpha value is -1.99. The van der Waals surface area contributed by atoms with Crippen molar-refractivity contribution in [2.75, 3.05) is 45.9 Å². The Bertz CT molecular complexity index is 646. The van der Waals surface area contributed by atoms with E-state index in [0.29, 0.717) is 31.8 Å². The molecule has 7 heteroatoms. The van der Waals surface area contributed by atoms with Gasteiger partial charge in [-0.2, -0.15) is 0 Å². The van der Waals surface area contributed by atoms with Gasteiger partial charge in [0.1, 0.15) is 0 Å². The molecule has 154 valence electrons. The Morgan fingerprint density at radius 3 is 2.82 bits per heavy atom. The van der Waals surface area contributed by atoms with Crippen LogP contribution in [0, 0.1) is 11.8 Å². The zero-order valence-corrected chi connectivity index (χ0v) is 17.0. The van der Waals surface area contributed by atoms with Crippen molar-refractivity contribution in [3.05, 3.63) is 30.1 Å². The van der Waals surface area contributed by atoms with Crippen LogP contribution in [0.2, 0.25) is 0 Å². The van der Waals surface area contributed by atoms with Crippen molar-refractivity contribution in [3.8, 4) is 0 Å². The van der Waals surface area contributed by atoms with Crippen LogP contribution in [0.4, 0.5) is 0 Å². The van der Waals surface area contributed by atoms with Crippen molar-refractivity contribution in [1.29, 1.82) is 0 Å². The van der Waals surface area contributed by atoms with E-state index < -0.39 is 0 Å². The van der Waals surface area contributed by atoms with Crippen molar-refractivity contribution in [1.82, 2.24) is 20.1 Å². The van der Waals surface area contributed by atoms with E-state index in [2.05, 4.69) is 29.0 Å². The quantitative estimate of drug-likeness (QED) is 0.766. The van der Waals surface area contributed by atoms with Gasteiger partial charge in [-0.1, -0.05) is 19.9 Å². The number of hydrogen-bond acceptors (Lipinski definition) is 5. The highest BCUT2D eigenvalue weighted by molar-refractivity contribution is 5.85. The Balaban J connectivity index is 1.69. The molecule has 28 heavy (non-hydrogen) atoms. The Labute approximate surface area is 167 Å². The molecule has 2 aliphatic heterocycles. The number of carbonyl (C=O) groups excluding carboxylic acids is 2. The van der Waals surface area contributed by atoms with Crippen molar-refractivity contribution in [2.24, 2.45) is 11.8 Å². The molecule has 2 unspecified atom stereocenters. The predicted octanol–water partition coefficient (Wildman–Crippen LogP) is 1.47. The van der Waals surface area contributed by atoms with Crippen molar-refractivity contribution >= 4 is 11.8 Å². The number of piperidine rings is 1. The average molecular weight is 389 g/mol. The first-order valence-corrected chi connectivity index (χ1v) is 10.3. The second-order valence-electron chi connectivity index (χ2n) is 8.06. The van der Waals surface area contributed by atoms with E-state index in [-0.39, 0.29) is 23.8 Å². The lowest BCUT2D eigenvalue weighted by molar-refractivity contribution is -0.144. The molecule has 0 aromatic carbocycles. The topological polar surface area (TPSA) is 74.8 Å². The van der Waals surface area contributed by atoms with Crippen LogP contribution < -0.4 is 5.32 Å². The van der Waals surface area contributed by atoms with Gasteiger partial charge in [0.2, 0.25) is 11.8 Å². The molecule has 2 amide bonds. The second-order valence-corrected chi connectivity index (χ2v) is 8.06. The molecule has 0 radical (unpaired) electrons. The summed E-state index contributed by atoms with van der Waals surface area (Å²) in [6.45, 7) is 9.62. The number of nitrogens with zero attached hydrogens (tertiary/aromatic N) is 3. The number of hydrogen-bond donors (Lipinski definition) is 1. The monoisotopic (exact) mass is 388 g/mol.